The van der Waals surface area contributed by atoms with E-state index >= 15 is 0 Å². The summed E-state index contributed by atoms with van der Waals surface area (Å²) in [4.78, 5) is 23.8. The van der Waals surface area contributed by atoms with Gasteiger partial charge in [-0.15, -0.1) is 0 Å². The monoisotopic (exact) mass is 296 g/mol. The molecule has 0 aromatic heterocycles. The molecule has 2 N–H and O–H groups in total. The van der Waals surface area contributed by atoms with Crippen molar-refractivity contribution in [3.63, 3.8) is 0 Å². The van der Waals surface area contributed by atoms with Crippen LogP contribution >= 0.6 is 0 Å². The number of amides is 2. The Morgan fingerprint density at radius 3 is 2.27 bits per heavy atom. The summed E-state index contributed by atoms with van der Waals surface area (Å²) in [5.74, 6) is -1.29. The van der Waals surface area contributed by atoms with Crippen LogP contribution in [-0.4, -0.2) is 11.8 Å². The van der Waals surface area contributed by atoms with Crippen molar-refractivity contribution >= 4 is 17.5 Å². The van der Waals surface area contributed by atoms with E-state index in [1.807, 2.05) is 57.2 Å². The highest BCUT2D eigenvalue weighted by atomic mass is 16.2. The maximum absolute atomic E-state index is 11.9. The Bertz CT molecular complexity index is 691. The van der Waals surface area contributed by atoms with Crippen LogP contribution in [0.4, 0.5) is 5.69 Å². The van der Waals surface area contributed by atoms with Gasteiger partial charge < -0.3 is 10.6 Å². The first-order valence-electron chi connectivity index (χ1n) is 7.18. The summed E-state index contributed by atoms with van der Waals surface area (Å²) in [6.07, 6.45) is 0. The quantitative estimate of drug-likeness (QED) is 0.856. The summed E-state index contributed by atoms with van der Waals surface area (Å²) >= 11 is 0. The molecule has 0 saturated carbocycles. The molecule has 4 nitrogen and oxygen atoms in total. The molecule has 0 fully saturated rings. The minimum Gasteiger partial charge on any atom is -0.344 e. The Morgan fingerprint density at radius 2 is 1.59 bits per heavy atom. The van der Waals surface area contributed by atoms with Crippen LogP contribution in [0, 0.1) is 20.8 Å². The molecule has 2 aromatic rings. The first-order chi connectivity index (χ1) is 10.5. The second-order valence-corrected chi connectivity index (χ2v) is 5.37. The molecule has 0 bridgehead atoms. The van der Waals surface area contributed by atoms with Gasteiger partial charge in [0, 0.05) is 12.2 Å². The SMILES string of the molecule is Cc1ccc(CNC(=O)C(=O)Nc2cccc(C)c2C)cc1. The lowest BCUT2D eigenvalue weighted by atomic mass is 10.1. The van der Waals surface area contributed by atoms with Crippen molar-refractivity contribution in [1.29, 1.82) is 0 Å². The van der Waals surface area contributed by atoms with Crippen LogP contribution < -0.4 is 10.6 Å². The summed E-state index contributed by atoms with van der Waals surface area (Å²) in [6.45, 7) is 6.21. The van der Waals surface area contributed by atoms with E-state index in [1.165, 1.54) is 0 Å². The van der Waals surface area contributed by atoms with Gasteiger partial charge in [0.15, 0.2) is 0 Å². The summed E-state index contributed by atoms with van der Waals surface area (Å²) in [5.41, 5.74) is 4.80. The van der Waals surface area contributed by atoms with Gasteiger partial charge in [0.05, 0.1) is 0 Å². The standard InChI is InChI=1S/C18H20N2O2/c1-12-7-9-15(10-8-12)11-19-17(21)18(22)20-16-6-4-5-13(2)14(16)3/h4-10H,11H2,1-3H3,(H,19,21)(H,20,22). The highest BCUT2D eigenvalue weighted by Crippen LogP contribution is 2.17. The molecular formula is C18H20N2O2. The zero-order valence-electron chi connectivity index (χ0n) is 13.1. The molecule has 114 valence electrons. The summed E-state index contributed by atoms with van der Waals surface area (Å²) in [6, 6.07) is 13.4. The van der Waals surface area contributed by atoms with Gasteiger partial charge >= 0.3 is 11.8 Å². The maximum Gasteiger partial charge on any atom is 0.313 e. The van der Waals surface area contributed by atoms with Crippen LogP contribution in [0.2, 0.25) is 0 Å². The Balaban J connectivity index is 1.93. The minimum atomic E-state index is -0.652. The van der Waals surface area contributed by atoms with Gasteiger partial charge in [-0.05, 0) is 43.5 Å². The van der Waals surface area contributed by atoms with Gasteiger partial charge in [0.2, 0.25) is 0 Å². The molecule has 0 aliphatic heterocycles. The van der Waals surface area contributed by atoms with Gasteiger partial charge in [-0.3, -0.25) is 9.59 Å². The van der Waals surface area contributed by atoms with Crippen LogP contribution in [0.3, 0.4) is 0 Å². The molecule has 0 radical (unpaired) electrons. The lowest BCUT2D eigenvalue weighted by Gasteiger charge is -2.10. The Morgan fingerprint density at radius 1 is 0.909 bits per heavy atom. The maximum atomic E-state index is 11.9. The highest BCUT2D eigenvalue weighted by molar-refractivity contribution is 6.39. The molecule has 22 heavy (non-hydrogen) atoms. The van der Waals surface area contributed by atoms with E-state index in [0.29, 0.717) is 12.2 Å². The number of carbonyl (C=O) groups is 2. The fourth-order valence-corrected chi connectivity index (χ4v) is 2.03. The molecule has 0 aliphatic carbocycles. The van der Waals surface area contributed by atoms with E-state index in [-0.39, 0.29) is 0 Å². The van der Waals surface area contributed by atoms with E-state index < -0.39 is 11.8 Å². The van der Waals surface area contributed by atoms with Crippen LogP contribution in [0.25, 0.3) is 0 Å². The third kappa shape index (κ3) is 3.95. The van der Waals surface area contributed by atoms with Crippen molar-refractivity contribution in [3.05, 3.63) is 64.7 Å². The van der Waals surface area contributed by atoms with Crippen molar-refractivity contribution < 1.29 is 9.59 Å². The molecule has 0 saturated heterocycles. The lowest BCUT2D eigenvalue weighted by Crippen LogP contribution is -2.35. The van der Waals surface area contributed by atoms with Crippen molar-refractivity contribution in [1.82, 2.24) is 5.32 Å². The number of hydrogen-bond donors (Lipinski definition) is 2. The Kier molecular flexibility index (Phi) is 4.94. The molecule has 4 heteroatoms. The molecule has 2 aromatic carbocycles. The van der Waals surface area contributed by atoms with Gasteiger partial charge in [-0.2, -0.15) is 0 Å². The third-order valence-electron chi connectivity index (χ3n) is 3.63. The predicted octanol–water partition coefficient (Wildman–Crippen LogP) is 2.87. The van der Waals surface area contributed by atoms with Gasteiger partial charge in [-0.25, -0.2) is 0 Å². The molecule has 0 atom stereocenters. The number of carbonyl (C=O) groups excluding carboxylic acids is 2. The highest BCUT2D eigenvalue weighted by Gasteiger charge is 2.14. The predicted molar refractivity (Wildman–Crippen MR) is 87.6 cm³/mol. The second-order valence-electron chi connectivity index (χ2n) is 5.37. The zero-order valence-corrected chi connectivity index (χ0v) is 13.1. The number of benzene rings is 2. The summed E-state index contributed by atoms with van der Waals surface area (Å²) in [5, 5.41) is 5.27. The fourth-order valence-electron chi connectivity index (χ4n) is 2.03. The molecule has 2 amide bonds. The van der Waals surface area contributed by atoms with Gasteiger partial charge in [0.1, 0.15) is 0 Å². The largest absolute Gasteiger partial charge is 0.344 e. The number of hydrogen-bond acceptors (Lipinski definition) is 2. The van der Waals surface area contributed by atoms with E-state index in [2.05, 4.69) is 10.6 Å². The Hall–Kier alpha value is -2.62. The molecule has 0 spiro atoms. The van der Waals surface area contributed by atoms with Gasteiger partial charge in [-0.1, -0.05) is 42.0 Å². The normalized spacial score (nSPS) is 10.1. The Labute approximate surface area is 130 Å². The second kappa shape index (κ2) is 6.89. The smallest absolute Gasteiger partial charge is 0.313 e. The average molecular weight is 296 g/mol. The van der Waals surface area contributed by atoms with E-state index in [0.717, 1.165) is 22.3 Å². The summed E-state index contributed by atoms with van der Waals surface area (Å²) in [7, 11) is 0. The average Bonchev–Trinajstić information content (AvgIpc) is 2.51. The molecule has 0 heterocycles. The minimum absolute atomic E-state index is 0.333. The van der Waals surface area contributed by atoms with Gasteiger partial charge in [0.25, 0.3) is 0 Å². The van der Waals surface area contributed by atoms with Crippen molar-refractivity contribution in [2.45, 2.75) is 27.3 Å². The van der Waals surface area contributed by atoms with E-state index in [9.17, 15) is 9.59 Å². The van der Waals surface area contributed by atoms with E-state index in [1.54, 1.807) is 6.07 Å². The fraction of sp³-hybridized carbons (Fsp3) is 0.222. The third-order valence-corrected chi connectivity index (χ3v) is 3.63. The molecule has 2 rings (SSSR count). The lowest BCUT2D eigenvalue weighted by molar-refractivity contribution is -0.136. The van der Waals surface area contributed by atoms with E-state index in [4.69, 9.17) is 0 Å². The number of nitrogens with one attached hydrogen (secondary N) is 2. The first-order valence-corrected chi connectivity index (χ1v) is 7.18. The van der Waals surface area contributed by atoms with Crippen molar-refractivity contribution in [3.8, 4) is 0 Å². The van der Waals surface area contributed by atoms with Crippen molar-refractivity contribution in [2.75, 3.05) is 5.32 Å². The number of anilines is 1. The van der Waals surface area contributed by atoms with Crippen LogP contribution in [-0.2, 0) is 16.1 Å². The molecule has 0 aliphatic rings. The molecule has 0 unspecified atom stereocenters. The summed E-state index contributed by atoms with van der Waals surface area (Å²) < 4.78 is 0. The van der Waals surface area contributed by atoms with Crippen LogP contribution in [0.1, 0.15) is 22.3 Å². The van der Waals surface area contributed by atoms with Crippen LogP contribution in [0.5, 0.6) is 0 Å². The number of rotatable bonds is 3. The van der Waals surface area contributed by atoms with Crippen molar-refractivity contribution in [2.24, 2.45) is 0 Å². The topological polar surface area (TPSA) is 58.2 Å². The first kappa shape index (κ1) is 15.8. The number of aryl methyl sites for hydroxylation is 2. The van der Waals surface area contributed by atoms with Crippen LogP contribution in [0.15, 0.2) is 42.5 Å². The zero-order chi connectivity index (χ0) is 16.1. The molecular weight excluding hydrogens is 276 g/mol.